The van der Waals surface area contributed by atoms with Crippen molar-refractivity contribution in [1.29, 1.82) is 0 Å². The van der Waals surface area contributed by atoms with Crippen molar-refractivity contribution in [2.75, 3.05) is 19.8 Å². The van der Waals surface area contributed by atoms with Crippen LogP contribution in [0, 0.1) is 5.92 Å². The van der Waals surface area contributed by atoms with E-state index in [4.69, 9.17) is 4.74 Å². The Hall–Kier alpha value is -0.860. The van der Waals surface area contributed by atoms with Crippen molar-refractivity contribution in [2.24, 2.45) is 5.92 Å². The van der Waals surface area contributed by atoms with Crippen molar-refractivity contribution in [2.45, 2.75) is 44.6 Å². The first-order chi connectivity index (χ1) is 9.43. The molecule has 2 heteroatoms. The van der Waals surface area contributed by atoms with Crippen molar-refractivity contribution in [3.05, 3.63) is 35.4 Å². The van der Waals surface area contributed by atoms with E-state index in [0.29, 0.717) is 6.04 Å². The van der Waals surface area contributed by atoms with E-state index < -0.39 is 0 Å². The van der Waals surface area contributed by atoms with E-state index in [-0.39, 0.29) is 0 Å². The molecule has 1 aromatic rings. The summed E-state index contributed by atoms with van der Waals surface area (Å²) in [5, 5.41) is 3.69. The van der Waals surface area contributed by atoms with Crippen LogP contribution in [0.25, 0.3) is 0 Å². The van der Waals surface area contributed by atoms with Gasteiger partial charge in [-0.25, -0.2) is 0 Å². The molecule has 1 atom stereocenters. The first-order valence-electron chi connectivity index (χ1n) is 7.82. The van der Waals surface area contributed by atoms with Gasteiger partial charge in [0.2, 0.25) is 0 Å². The second-order valence-electron chi connectivity index (χ2n) is 5.97. The molecule has 0 spiro atoms. The molecule has 2 nitrogen and oxygen atoms in total. The van der Waals surface area contributed by atoms with Gasteiger partial charge in [0, 0.05) is 19.2 Å². The Balaban J connectivity index is 1.48. The van der Waals surface area contributed by atoms with E-state index in [1.165, 1.54) is 49.7 Å². The van der Waals surface area contributed by atoms with Crippen LogP contribution < -0.4 is 5.32 Å². The highest BCUT2D eigenvalue weighted by Crippen LogP contribution is 2.29. The summed E-state index contributed by atoms with van der Waals surface area (Å²) >= 11 is 0. The lowest BCUT2D eigenvalue weighted by molar-refractivity contribution is 0.124. The van der Waals surface area contributed by atoms with Crippen LogP contribution in [0.4, 0.5) is 0 Å². The maximum atomic E-state index is 5.71. The third-order valence-electron chi connectivity index (χ3n) is 4.31. The zero-order valence-corrected chi connectivity index (χ0v) is 11.7. The molecule has 19 heavy (non-hydrogen) atoms. The van der Waals surface area contributed by atoms with Crippen molar-refractivity contribution >= 4 is 0 Å². The van der Waals surface area contributed by atoms with Gasteiger partial charge in [0.15, 0.2) is 0 Å². The molecule has 0 aliphatic heterocycles. The Labute approximate surface area is 116 Å². The maximum absolute atomic E-state index is 5.71. The zero-order valence-electron chi connectivity index (χ0n) is 11.7. The molecular formula is C17H25NO. The summed E-state index contributed by atoms with van der Waals surface area (Å²) in [6.07, 6.45) is 7.92. The largest absolute Gasteiger partial charge is 0.380 e. The van der Waals surface area contributed by atoms with Crippen LogP contribution in [-0.2, 0) is 11.2 Å². The van der Waals surface area contributed by atoms with E-state index >= 15 is 0 Å². The topological polar surface area (TPSA) is 21.3 Å². The number of fused-ring (bicyclic) bond motifs is 1. The van der Waals surface area contributed by atoms with E-state index in [2.05, 4.69) is 29.6 Å². The highest BCUT2D eigenvalue weighted by Gasteiger charge is 2.21. The van der Waals surface area contributed by atoms with Crippen molar-refractivity contribution < 1.29 is 4.74 Å². The van der Waals surface area contributed by atoms with Gasteiger partial charge in [-0.3, -0.25) is 0 Å². The van der Waals surface area contributed by atoms with Crippen LogP contribution >= 0.6 is 0 Å². The summed E-state index contributed by atoms with van der Waals surface area (Å²) in [5.74, 6) is 0.874. The lowest BCUT2D eigenvalue weighted by Gasteiger charge is -2.19. The minimum atomic E-state index is 0.531. The van der Waals surface area contributed by atoms with Crippen molar-refractivity contribution in [3.63, 3.8) is 0 Å². The standard InChI is InChI=1S/C17H25NO/c1-3-7-16-15(5-1)6-2-4-8-17(16)18-11-12-19-13-14-9-10-14/h1,3,5,7,14,17-18H,2,4,6,8-13H2. The Morgan fingerprint density at radius 1 is 1.11 bits per heavy atom. The molecule has 0 heterocycles. The Bertz CT molecular complexity index is 400. The molecule has 1 saturated carbocycles. The summed E-state index contributed by atoms with van der Waals surface area (Å²) in [6.45, 7) is 2.81. The molecule has 3 rings (SSSR count). The van der Waals surface area contributed by atoms with Gasteiger partial charge in [-0.15, -0.1) is 0 Å². The number of rotatable bonds is 6. The molecule has 0 radical (unpaired) electrons. The molecule has 1 N–H and O–H groups in total. The lowest BCUT2D eigenvalue weighted by atomic mass is 9.99. The van der Waals surface area contributed by atoms with E-state index in [0.717, 1.165) is 25.7 Å². The average molecular weight is 259 g/mol. The fourth-order valence-corrected chi connectivity index (χ4v) is 2.97. The molecule has 2 aliphatic rings. The van der Waals surface area contributed by atoms with Crippen LogP contribution in [0.1, 0.15) is 49.3 Å². The maximum Gasteiger partial charge on any atom is 0.0591 e. The van der Waals surface area contributed by atoms with Gasteiger partial charge in [0.1, 0.15) is 0 Å². The highest BCUT2D eigenvalue weighted by molar-refractivity contribution is 5.31. The minimum absolute atomic E-state index is 0.531. The Morgan fingerprint density at radius 3 is 2.89 bits per heavy atom. The quantitative estimate of drug-likeness (QED) is 0.624. The van der Waals surface area contributed by atoms with Crippen LogP contribution in [0.5, 0.6) is 0 Å². The van der Waals surface area contributed by atoms with Gasteiger partial charge in [-0.2, -0.15) is 0 Å². The smallest absolute Gasteiger partial charge is 0.0591 e. The van der Waals surface area contributed by atoms with Crippen LogP contribution in [0.3, 0.4) is 0 Å². The zero-order chi connectivity index (χ0) is 12.9. The average Bonchev–Trinajstić information content (AvgIpc) is 3.26. The number of benzene rings is 1. The molecule has 2 aliphatic carbocycles. The predicted octanol–water partition coefficient (Wildman–Crippen LogP) is 3.47. The van der Waals surface area contributed by atoms with Crippen molar-refractivity contribution in [1.82, 2.24) is 5.32 Å². The normalized spacial score (nSPS) is 22.8. The fraction of sp³-hybridized carbons (Fsp3) is 0.647. The van der Waals surface area contributed by atoms with Gasteiger partial charge in [0.25, 0.3) is 0 Å². The molecule has 1 unspecified atom stereocenters. The SMILES string of the molecule is c1ccc2c(c1)CCCCC2NCCOCC1CC1. The number of aryl methyl sites for hydroxylation is 1. The number of nitrogens with one attached hydrogen (secondary N) is 1. The first-order valence-corrected chi connectivity index (χ1v) is 7.82. The summed E-state index contributed by atoms with van der Waals surface area (Å²) in [7, 11) is 0. The summed E-state index contributed by atoms with van der Waals surface area (Å²) in [6, 6.07) is 9.45. The molecule has 104 valence electrons. The lowest BCUT2D eigenvalue weighted by Crippen LogP contribution is -2.25. The third kappa shape index (κ3) is 3.80. The number of ether oxygens (including phenoxy) is 1. The van der Waals surface area contributed by atoms with Gasteiger partial charge in [-0.1, -0.05) is 30.7 Å². The van der Waals surface area contributed by atoms with Crippen molar-refractivity contribution in [3.8, 4) is 0 Å². The highest BCUT2D eigenvalue weighted by atomic mass is 16.5. The predicted molar refractivity (Wildman–Crippen MR) is 78.3 cm³/mol. The van der Waals surface area contributed by atoms with Crippen LogP contribution in [-0.4, -0.2) is 19.8 Å². The summed E-state index contributed by atoms with van der Waals surface area (Å²) in [4.78, 5) is 0. The molecule has 0 bridgehead atoms. The number of hydrogen-bond donors (Lipinski definition) is 1. The fourth-order valence-electron chi connectivity index (χ4n) is 2.97. The summed E-state index contributed by atoms with van der Waals surface area (Å²) in [5.41, 5.74) is 3.05. The van der Waals surface area contributed by atoms with E-state index in [1.54, 1.807) is 0 Å². The molecule has 0 aromatic heterocycles. The van der Waals surface area contributed by atoms with Gasteiger partial charge in [0.05, 0.1) is 6.61 Å². The Morgan fingerprint density at radius 2 is 2.00 bits per heavy atom. The summed E-state index contributed by atoms with van der Waals surface area (Å²) < 4.78 is 5.71. The van der Waals surface area contributed by atoms with E-state index in [9.17, 15) is 0 Å². The molecule has 0 amide bonds. The monoisotopic (exact) mass is 259 g/mol. The molecule has 1 aromatic carbocycles. The third-order valence-corrected chi connectivity index (χ3v) is 4.31. The van der Waals surface area contributed by atoms with E-state index in [1.807, 2.05) is 0 Å². The number of hydrogen-bond acceptors (Lipinski definition) is 2. The van der Waals surface area contributed by atoms with Crippen LogP contribution in [0.2, 0.25) is 0 Å². The molecular weight excluding hydrogens is 234 g/mol. The minimum Gasteiger partial charge on any atom is -0.380 e. The molecule has 0 saturated heterocycles. The van der Waals surface area contributed by atoms with Gasteiger partial charge < -0.3 is 10.1 Å². The first kappa shape index (κ1) is 13.1. The second-order valence-corrected chi connectivity index (χ2v) is 5.97. The van der Waals surface area contributed by atoms with Gasteiger partial charge in [-0.05, 0) is 49.1 Å². The molecule has 1 fully saturated rings. The van der Waals surface area contributed by atoms with Gasteiger partial charge >= 0.3 is 0 Å². The van der Waals surface area contributed by atoms with Crippen LogP contribution in [0.15, 0.2) is 24.3 Å². The Kier molecular flexibility index (Phi) is 4.52. The second kappa shape index (κ2) is 6.53.